The Balaban J connectivity index is 0.00000312. The molecule has 1 fully saturated rings. The van der Waals surface area contributed by atoms with Gasteiger partial charge in [0.15, 0.2) is 5.96 Å². The first-order valence-corrected chi connectivity index (χ1v) is 8.17. The van der Waals surface area contributed by atoms with Gasteiger partial charge in [-0.05, 0) is 24.3 Å². The quantitative estimate of drug-likeness (QED) is 0.419. The molecule has 0 bridgehead atoms. The lowest BCUT2D eigenvalue weighted by molar-refractivity contribution is -0.128. The van der Waals surface area contributed by atoms with E-state index in [1.54, 1.807) is 26.0 Å². The van der Waals surface area contributed by atoms with Crippen molar-refractivity contribution in [1.82, 2.24) is 15.1 Å². The Hall–Kier alpha value is -1.58. The number of amides is 1. The van der Waals surface area contributed by atoms with E-state index < -0.39 is 0 Å². The van der Waals surface area contributed by atoms with E-state index in [0.717, 1.165) is 37.8 Å². The van der Waals surface area contributed by atoms with Crippen molar-refractivity contribution < 1.29 is 9.18 Å². The van der Waals surface area contributed by atoms with Crippen molar-refractivity contribution >= 4 is 41.5 Å². The number of piperazine rings is 1. The smallest absolute Gasteiger partial charge is 0.223 e. The molecular formula is C17H27FIN5O. The summed E-state index contributed by atoms with van der Waals surface area (Å²) >= 11 is 0. The number of carbonyl (C=O) groups is 1. The van der Waals surface area contributed by atoms with Gasteiger partial charge in [-0.1, -0.05) is 0 Å². The summed E-state index contributed by atoms with van der Waals surface area (Å²) < 4.78 is 13.0. The lowest BCUT2D eigenvalue weighted by Gasteiger charge is -2.37. The molecule has 0 aliphatic carbocycles. The monoisotopic (exact) mass is 463 g/mol. The highest BCUT2D eigenvalue weighted by molar-refractivity contribution is 14.0. The number of anilines is 1. The highest BCUT2D eigenvalue weighted by atomic mass is 127. The molecule has 6 nitrogen and oxygen atoms in total. The van der Waals surface area contributed by atoms with E-state index in [0.29, 0.717) is 13.0 Å². The molecule has 1 aromatic rings. The Morgan fingerprint density at radius 3 is 2.32 bits per heavy atom. The number of halogens is 2. The van der Waals surface area contributed by atoms with Gasteiger partial charge >= 0.3 is 0 Å². The van der Waals surface area contributed by atoms with Gasteiger partial charge in [-0.15, -0.1) is 24.0 Å². The van der Waals surface area contributed by atoms with Crippen LogP contribution in [0.4, 0.5) is 10.1 Å². The number of aliphatic imine (C=N–C) groups is 1. The Morgan fingerprint density at radius 2 is 1.80 bits per heavy atom. The summed E-state index contributed by atoms with van der Waals surface area (Å²) in [5.41, 5.74) is 1.04. The first-order chi connectivity index (χ1) is 11.5. The normalized spacial score (nSPS) is 14.8. The van der Waals surface area contributed by atoms with Crippen LogP contribution in [0.25, 0.3) is 0 Å². The molecule has 1 aromatic carbocycles. The van der Waals surface area contributed by atoms with Crippen molar-refractivity contribution in [1.29, 1.82) is 0 Å². The SMILES string of the molecule is CN=C(NCCC(=O)N(C)C)N1CCN(c2ccc(F)cc2)CC1.I. The van der Waals surface area contributed by atoms with Crippen LogP contribution in [-0.2, 0) is 4.79 Å². The van der Waals surface area contributed by atoms with E-state index in [1.165, 1.54) is 12.1 Å². The van der Waals surface area contributed by atoms with Crippen LogP contribution in [0, 0.1) is 5.82 Å². The summed E-state index contributed by atoms with van der Waals surface area (Å²) in [5.74, 6) is 0.702. The summed E-state index contributed by atoms with van der Waals surface area (Å²) in [6.45, 7) is 3.94. The predicted molar refractivity (Wildman–Crippen MR) is 110 cm³/mol. The molecule has 0 saturated carbocycles. The van der Waals surface area contributed by atoms with Gasteiger partial charge in [-0.3, -0.25) is 9.79 Å². The number of benzene rings is 1. The van der Waals surface area contributed by atoms with Crippen molar-refractivity contribution in [2.45, 2.75) is 6.42 Å². The molecule has 0 radical (unpaired) electrons. The fourth-order valence-electron chi connectivity index (χ4n) is 2.67. The number of rotatable bonds is 4. The molecule has 0 aromatic heterocycles. The van der Waals surface area contributed by atoms with E-state index in [2.05, 4.69) is 20.1 Å². The lowest BCUT2D eigenvalue weighted by Crippen LogP contribution is -2.52. The van der Waals surface area contributed by atoms with Crippen LogP contribution in [0.2, 0.25) is 0 Å². The third-order valence-electron chi connectivity index (χ3n) is 4.10. The van der Waals surface area contributed by atoms with E-state index in [9.17, 15) is 9.18 Å². The molecule has 0 atom stereocenters. The number of hydrogen-bond acceptors (Lipinski definition) is 3. The van der Waals surface area contributed by atoms with Crippen LogP contribution in [-0.4, -0.2) is 75.5 Å². The number of carbonyl (C=O) groups excluding carboxylic acids is 1. The molecular weight excluding hydrogens is 436 g/mol. The Bertz CT molecular complexity index is 571. The standard InChI is InChI=1S/C17H26FN5O.HI/c1-19-17(20-9-8-16(24)21(2)3)23-12-10-22(11-13-23)15-6-4-14(18)5-7-15;/h4-7H,8-13H2,1-3H3,(H,19,20);1H. The Morgan fingerprint density at radius 1 is 1.20 bits per heavy atom. The molecule has 1 amide bonds. The number of nitrogens with zero attached hydrogens (tertiary/aromatic N) is 4. The largest absolute Gasteiger partial charge is 0.368 e. The number of guanidine groups is 1. The summed E-state index contributed by atoms with van der Waals surface area (Å²) in [7, 11) is 5.26. The van der Waals surface area contributed by atoms with Crippen molar-refractivity contribution in [3.63, 3.8) is 0 Å². The van der Waals surface area contributed by atoms with Crippen molar-refractivity contribution in [3.05, 3.63) is 30.1 Å². The molecule has 140 valence electrons. The van der Waals surface area contributed by atoms with Crippen LogP contribution < -0.4 is 10.2 Å². The van der Waals surface area contributed by atoms with Crippen LogP contribution in [0.15, 0.2) is 29.3 Å². The highest BCUT2D eigenvalue weighted by Gasteiger charge is 2.19. The second kappa shape index (κ2) is 10.4. The van der Waals surface area contributed by atoms with E-state index in [4.69, 9.17) is 0 Å². The average molecular weight is 463 g/mol. The van der Waals surface area contributed by atoms with E-state index in [-0.39, 0.29) is 35.7 Å². The Kier molecular flexibility index (Phi) is 8.95. The van der Waals surface area contributed by atoms with Crippen LogP contribution in [0.3, 0.4) is 0 Å². The van der Waals surface area contributed by atoms with Gasteiger partial charge < -0.3 is 20.0 Å². The van der Waals surface area contributed by atoms with Crippen LogP contribution in [0.1, 0.15) is 6.42 Å². The molecule has 0 unspecified atom stereocenters. The molecule has 1 heterocycles. The van der Waals surface area contributed by atoms with E-state index in [1.807, 2.05) is 12.1 Å². The summed E-state index contributed by atoms with van der Waals surface area (Å²) in [5, 5.41) is 3.25. The van der Waals surface area contributed by atoms with Gasteiger partial charge in [0.2, 0.25) is 5.91 Å². The summed E-state index contributed by atoms with van der Waals surface area (Å²) in [6.07, 6.45) is 0.446. The maximum atomic E-state index is 13.0. The fraction of sp³-hybridized carbons (Fsp3) is 0.529. The van der Waals surface area contributed by atoms with Gasteiger partial charge in [0, 0.05) is 66.0 Å². The topological polar surface area (TPSA) is 51.2 Å². The third kappa shape index (κ3) is 6.33. The zero-order valence-corrected chi connectivity index (χ0v) is 17.4. The third-order valence-corrected chi connectivity index (χ3v) is 4.10. The van der Waals surface area contributed by atoms with Gasteiger partial charge in [-0.25, -0.2) is 4.39 Å². The fourth-order valence-corrected chi connectivity index (χ4v) is 2.67. The molecule has 1 aliphatic heterocycles. The minimum absolute atomic E-state index is 0. The number of hydrogen-bond donors (Lipinski definition) is 1. The molecule has 0 spiro atoms. The molecule has 1 saturated heterocycles. The van der Waals surface area contributed by atoms with Gasteiger partial charge in [0.05, 0.1) is 0 Å². The molecule has 1 N–H and O–H groups in total. The van der Waals surface area contributed by atoms with Crippen molar-refractivity contribution in [3.8, 4) is 0 Å². The second-order valence-electron chi connectivity index (χ2n) is 5.96. The zero-order valence-electron chi connectivity index (χ0n) is 15.0. The van der Waals surface area contributed by atoms with Gasteiger partial charge in [0.1, 0.15) is 5.82 Å². The first kappa shape index (κ1) is 21.5. The average Bonchev–Trinajstić information content (AvgIpc) is 2.59. The zero-order chi connectivity index (χ0) is 17.5. The van der Waals surface area contributed by atoms with Crippen LogP contribution in [0.5, 0.6) is 0 Å². The van der Waals surface area contributed by atoms with E-state index >= 15 is 0 Å². The minimum Gasteiger partial charge on any atom is -0.368 e. The van der Waals surface area contributed by atoms with Crippen LogP contribution >= 0.6 is 24.0 Å². The Labute approximate surface area is 166 Å². The van der Waals surface area contributed by atoms with Crippen molar-refractivity contribution in [2.75, 3.05) is 58.8 Å². The van der Waals surface area contributed by atoms with Gasteiger partial charge in [0.25, 0.3) is 0 Å². The number of nitrogens with one attached hydrogen (secondary N) is 1. The van der Waals surface area contributed by atoms with Crippen molar-refractivity contribution in [2.24, 2.45) is 4.99 Å². The summed E-state index contributed by atoms with van der Waals surface area (Å²) in [4.78, 5) is 21.9. The highest BCUT2D eigenvalue weighted by Crippen LogP contribution is 2.16. The van der Waals surface area contributed by atoms with Gasteiger partial charge in [-0.2, -0.15) is 0 Å². The first-order valence-electron chi connectivity index (χ1n) is 8.17. The maximum absolute atomic E-state index is 13.0. The minimum atomic E-state index is -0.214. The predicted octanol–water partition coefficient (Wildman–Crippen LogP) is 1.62. The molecule has 2 rings (SSSR count). The maximum Gasteiger partial charge on any atom is 0.223 e. The molecule has 8 heteroatoms. The lowest BCUT2D eigenvalue weighted by atomic mass is 10.2. The molecule has 1 aliphatic rings. The summed E-state index contributed by atoms with van der Waals surface area (Å²) in [6, 6.07) is 6.60. The molecule has 25 heavy (non-hydrogen) atoms. The second-order valence-corrected chi connectivity index (χ2v) is 5.96.